The van der Waals surface area contributed by atoms with Crippen LogP contribution in [-0.2, 0) is 0 Å². The number of anilines is 2. The molecular formula is C14H19N5. The van der Waals surface area contributed by atoms with Gasteiger partial charge in [0, 0.05) is 24.8 Å². The van der Waals surface area contributed by atoms with Gasteiger partial charge in [-0.2, -0.15) is 5.26 Å². The molecule has 0 spiro atoms. The topological polar surface area (TPSA) is 78.0 Å². The highest BCUT2D eigenvalue weighted by Crippen LogP contribution is 2.30. The van der Waals surface area contributed by atoms with E-state index >= 15 is 0 Å². The average Bonchev–Trinajstić information content (AvgIpc) is 2.84. The van der Waals surface area contributed by atoms with Crippen molar-refractivity contribution < 1.29 is 0 Å². The third kappa shape index (κ3) is 2.36. The second-order valence-corrected chi connectivity index (χ2v) is 5.41. The van der Waals surface area contributed by atoms with Crippen molar-refractivity contribution in [3.63, 3.8) is 0 Å². The zero-order valence-corrected chi connectivity index (χ0v) is 11.0. The van der Waals surface area contributed by atoms with Gasteiger partial charge in [-0.25, -0.2) is 4.98 Å². The predicted molar refractivity (Wildman–Crippen MR) is 74.6 cm³/mol. The van der Waals surface area contributed by atoms with Crippen molar-refractivity contribution in [2.75, 3.05) is 24.1 Å². The summed E-state index contributed by atoms with van der Waals surface area (Å²) in [4.78, 5) is 6.84. The fourth-order valence-electron chi connectivity index (χ4n) is 3.25. The van der Waals surface area contributed by atoms with Crippen LogP contribution in [0.25, 0.3) is 0 Å². The molecule has 3 N–H and O–H groups in total. The van der Waals surface area contributed by atoms with Gasteiger partial charge in [0.2, 0.25) is 0 Å². The van der Waals surface area contributed by atoms with Gasteiger partial charge in [0.25, 0.3) is 0 Å². The largest absolute Gasteiger partial charge is 0.396 e. The quantitative estimate of drug-likeness (QED) is 0.841. The van der Waals surface area contributed by atoms with E-state index in [1.165, 1.54) is 32.4 Å². The first-order chi connectivity index (χ1) is 9.28. The number of nitrogens with one attached hydrogen (secondary N) is 1. The van der Waals surface area contributed by atoms with E-state index in [2.05, 4.69) is 21.3 Å². The summed E-state index contributed by atoms with van der Waals surface area (Å²) in [5, 5.41) is 12.3. The van der Waals surface area contributed by atoms with Crippen molar-refractivity contribution in [2.24, 2.45) is 0 Å². The molecule has 5 nitrogen and oxygen atoms in total. The third-order valence-corrected chi connectivity index (χ3v) is 4.22. The fraction of sp³-hybridized carbons (Fsp3) is 0.571. The van der Waals surface area contributed by atoms with Gasteiger partial charge in [-0.05, 0) is 31.9 Å². The lowest BCUT2D eigenvalue weighted by Gasteiger charge is -2.32. The smallest absolute Gasteiger partial charge is 0.149 e. The highest BCUT2D eigenvalue weighted by molar-refractivity contribution is 5.63. The molecule has 19 heavy (non-hydrogen) atoms. The maximum atomic E-state index is 8.82. The normalized spacial score (nSPS) is 26.7. The molecule has 0 radical (unpaired) electrons. The van der Waals surface area contributed by atoms with Crippen LogP contribution in [-0.4, -0.2) is 35.1 Å². The first kappa shape index (κ1) is 12.2. The lowest BCUT2D eigenvalue weighted by molar-refractivity contribution is 0.192. The van der Waals surface area contributed by atoms with Crippen molar-refractivity contribution in [3.05, 3.63) is 17.8 Å². The number of nitriles is 1. The Morgan fingerprint density at radius 1 is 1.37 bits per heavy atom. The van der Waals surface area contributed by atoms with Gasteiger partial charge >= 0.3 is 0 Å². The van der Waals surface area contributed by atoms with E-state index in [1.54, 1.807) is 12.3 Å². The highest BCUT2D eigenvalue weighted by Gasteiger charge is 2.35. The fourth-order valence-corrected chi connectivity index (χ4v) is 3.25. The maximum absolute atomic E-state index is 8.82. The van der Waals surface area contributed by atoms with Crippen LogP contribution in [0.5, 0.6) is 0 Å². The SMILES string of the molecule is N#Cc1cnc(NC2CCN3CCCCC23)c(N)c1. The molecule has 2 saturated heterocycles. The molecule has 2 aliphatic heterocycles. The van der Waals surface area contributed by atoms with Gasteiger partial charge in [0.05, 0.1) is 11.3 Å². The standard InChI is InChI=1S/C14H19N5/c15-8-10-7-11(16)14(17-9-10)18-12-4-6-19-5-2-1-3-13(12)19/h7,9,12-13H,1-6,16H2,(H,17,18). The third-order valence-electron chi connectivity index (χ3n) is 4.22. The number of hydrogen-bond acceptors (Lipinski definition) is 5. The summed E-state index contributed by atoms with van der Waals surface area (Å²) in [6, 6.07) is 4.79. The molecule has 0 bridgehead atoms. The Bertz CT molecular complexity index is 507. The van der Waals surface area contributed by atoms with E-state index in [0.29, 0.717) is 23.3 Å². The minimum atomic E-state index is 0.433. The van der Waals surface area contributed by atoms with Gasteiger partial charge in [-0.3, -0.25) is 4.90 Å². The van der Waals surface area contributed by atoms with E-state index in [0.717, 1.165) is 12.2 Å². The van der Waals surface area contributed by atoms with E-state index in [9.17, 15) is 0 Å². The lowest BCUT2D eigenvalue weighted by Crippen LogP contribution is -2.41. The van der Waals surface area contributed by atoms with Crippen molar-refractivity contribution in [1.29, 1.82) is 5.26 Å². The van der Waals surface area contributed by atoms with E-state index < -0.39 is 0 Å². The second-order valence-electron chi connectivity index (χ2n) is 5.41. The molecule has 0 amide bonds. The van der Waals surface area contributed by atoms with Gasteiger partial charge in [0.15, 0.2) is 0 Å². The van der Waals surface area contributed by atoms with Crippen LogP contribution in [0.15, 0.2) is 12.3 Å². The van der Waals surface area contributed by atoms with Crippen LogP contribution in [0.3, 0.4) is 0 Å². The number of fused-ring (bicyclic) bond motifs is 1. The zero-order valence-electron chi connectivity index (χ0n) is 11.0. The molecule has 0 aliphatic carbocycles. The van der Waals surface area contributed by atoms with Crippen molar-refractivity contribution in [1.82, 2.24) is 9.88 Å². The molecule has 2 unspecified atom stereocenters. The van der Waals surface area contributed by atoms with E-state index in [-0.39, 0.29) is 0 Å². The Balaban J connectivity index is 1.73. The molecule has 3 heterocycles. The number of nitrogens with zero attached hydrogens (tertiary/aromatic N) is 3. The minimum absolute atomic E-state index is 0.433. The molecule has 0 saturated carbocycles. The second kappa shape index (κ2) is 5.06. The van der Waals surface area contributed by atoms with E-state index in [4.69, 9.17) is 11.0 Å². The van der Waals surface area contributed by atoms with Gasteiger partial charge in [-0.1, -0.05) is 6.42 Å². The van der Waals surface area contributed by atoms with Gasteiger partial charge in [-0.15, -0.1) is 0 Å². The first-order valence-electron chi connectivity index (χ1n) is 6.94. The number of hydrogen-bond donors (Lipinski definition) is 2. The summed E-state index contributed by atoms with van der Waals surface area (Å²) in [7, 11) is 0. The first-order valence-corrected chi connectivity index (χ1v) is 6.94. The Morgan fingerprint density at radius 2 is 2.26 bits per heavy atom. The summed E-state index contributed by atoms with van der Waals surface area (Å²) in [6.07, 6.45) is 6.61. The van der Waals surface area contributed by atoms with E-state index in [1.807, 2.05) is 0 Å². The Labute approximate surface area is 113 Å². The van der Waals surface area contributed by atoms with Crippen LogP contribution in [0, 0.1) is 11.3 Å². The lowest BCUT2D eigenvalue weighted by atomic mass is 9.99. The van der Waals surface area contributed by atoms with Crippen molar-refractivity contribution in [3.8, 4) is 6.07 Å². The molecule has 1 aromatic heterocycles. The monoisotopic (exact) mass is 257 g/mol. The highest BCUT2D eigenvalue weighted by atomic mass is 15.2. The summed E-state index contributed by atoms with van der Waals surface area (Å²) < 4.78 is 0. The Kier molecular flexibility index (Phi) is 3.26. The predicted octanol–water partition coefficient (Wildman–Crippen LogP) is 1.57. The van der Waals surface area contributed by atoms with Gasteiger partial charge in [0.1, 0.15) is 11.9 Å². The van der Waals surface area contributed by atoms with Gasteiger partial charge < -0.3 is 11.1 Å². The number of nitrogens with two attached hydrogens (primary N) is 1. The number of aromatic nitrogens is 1. The average molecular weight is 257 g/mol. The van der Waals surface area contributed by atoms with Crippen LogP contribution >= 0.6 is 0 Å². The molecule has 2 fully saturated rings. The molecular weight excluding hydrogens is 238 g/mol. The van der Waals surface area contributed by atoms with Crippen LogP contribution in [0.2, 0.25) is 0 Å². The van der Waals surface area contributed by atoms with Crippen LogP contribution in [0.4, 0.5) is 11.5 Å². The van der Waals surface area contributed by atoms with Crippen LogP contribution in [0.1, 0.15) is 31.2 Å². The van der Waals surface area contributed by atoms with Crippen molar-refractivity contribution in [2.45, 2.75) is 37.8 Å². The molecule has 2 atom stereocenters. The summed E-state index contributed by atoms with van der Waals surface area (Å²) >= 11 is 0. The summed E-state index contributed by atoms with van der Waals surface area (Å²) in [6.45, 7) is 2.39. The van der Waals surface area contributed by atoms with Crippen molar-refractivity contribution >= 4 is 11.5 Å². The molecule has 5 heteroatoms. The summed E-state index contributed by atoms with van der Waals surface area (Å²) in [5.74, 6) is 0.719. The Morgan fingerprint density at radius 3 is 3.05 bits per heavy atom. The number of pyridine rings is 1. The number of rotatable bonds is 2. The zero-order chi connectivity index (χ0) is 13.2. The molecule has 2 aliphatic rings. The summed E-state index contributed by atoms with van der Waals surface area (Å²) in [5.41, 5.74) is 7.02. The minimum Gasteiger partial charge on any atom is -0.396 e. The molecule has 3 rings (SSSR count). The number of nitrogen functional groups attached to an aromatic ring is 1. The maximum Gasteiger partial charge on any atom is 0.149 e. The number of piperidine rings is 1. The molecule has 1 aromatic rings. The van der Waals surface area contributed by atoms with Crippen LogP contribution < -0.4 is 11.1 Å². The molecule has 0 aromatic carbocycles. The Hall–Kier alpha value is -1.80. The molecule has 100 valence electrons.